The molecule has 262 valence electrons. The van der Waals surface area contributed by atoms with Crippen LogP contribution in [-0.4, -0.2) is 59.3 Å². The van der Waals surface area contributed by atoms with Crippen molar-refractivity contribution in [3.05, 3.63) is 12.2 Å². The second-order valence-corrected chi connectivity index (χ2v) is 12.3. The van der Waals surface area contributed by atoms with Crippen molar-refractivity contribution in [3.63, 3.8) is 0 Å². The average molecular weight is 639 g/mol. The van der Waals surface area contributed by atoms with Crippen molar-refractivity contribution in [1.82, 2.24) is 10.6 Å². The van der Waals surface area contributed by atoms with E-state index in [1.165, 1.54) is 64.2 Å². The minimum Gasteiger partial charge on any atom is -0.480 e. The largest absolute Gasteiger partial charge is 0.480 e. The SMILES string of the molecule is CCCCCCCC/C=C\CCCCCCCC(=O)OC(CCCCCC)CCCCCC(=O)NCC(=O)NC(CO)C(=O)O. The average Bonchev–Trinajstić information content (AvgIpc) is 3.02. The fraction of sp³-hybridized carbons (Fsp3) is 0.833. The molecule has 0 aromatic rings. The molecule has 0 aliphatic carbocycles. The van der Waals surface area contributed by atoms with Gasteiger partial charge in [-0.1, -0.05) is 103 Å². The maximum Gasteiger partial charge on any atom is 0.328 e. The van der Waals surface area contributed by atoms with Crippen molar-refractivity contribution in [3.8, 4) is 0 Å². The molecule has 0 aromatic heterocycles. The maximum atomic E-state index is 12.5. The second kappa shape index (κ2) is 31.6. The second-order valence-electron chi connectivity index (χ2n) is 12.3. The van der Waals surface area contributed by atoms with Gasteiger partial charge in [0, 0.05) is 12.8 Å². The van der Waals surface area contributed by atoms with E-state index in [0.29, 0.717) is 12.8 Å². The van der Waals surface area contributed by atoms with Gasteiger partial charge in [-0.3, -0.25) is 14.4 Å². The summed E-state index contributed by atoms with van der Waals surface area (Å²) in [4.78, 5) is 47.2. The summed E-state index contributed by atoms with van der Waals surface area (Å²) in [6.45, 7) is 3.37. The Morgan fingerprint density at radius 1 is 0.644 bits per heavy atom. The number of nitrogens with one attached hydrogen (secondary N) is 2. The number of allylic oxidation sites excluding steroid dienone is 2. The molecule has 9 nitrogen and oxygen atoms in total. The number of esters is 1. The van der Waals surface area contributed by atoms with Crippen LogP contribution in [0.4, 0.5) is 0 Å². The summed E-state index contributed by atoms with van der Waals surface area (Å²) in [6.07, 6.45) is 29.8. The summed E-state index contributed by atoms with van der Waals surface area (Å²) in [5, 5.41) is 22.4. The van der Waals surface area contributed by atoms with Gasteiger partial charge in [-0.2, -0.15) is 0 Å². The lowest BCUT2D eigenvalue weighted by Crippen LogP contribution is -2.47. The molecule has 0 heterocycles. The zero-order chi connectivity index (χ0) is 33.4. The van der Waals surface area contributed by atoms with E-state index in [9.17, 15) is 19.2 Å². The third-order valence-electron chi connectivity index (χ3n) is 8.01. The number of carboxylic acids is 1. The number of aliphatic hydroxyl groups excluding tert-OH is 1. The fourth-order valence-corrected chi connectivity index (χ4v) is 5.18. The van der Waals surface area contributed by atoms with Crippen LogP contribution in [0.15, 0.2) is 12.2 Å². The molecule has 2 amide bonds. The van der Waals surface area contributed by atoms with Gasteiger partial charge < -0.3 is 25.6 Å². The Bertz CT molecular complexity index is 787. The van der Waals surface area contributed by atoms with Gasteiger partial charge in [0.15, 0.2) is 0 Å². The van der Waals surface area contributed by atoms with Gasteiger partial charge in [0.05, 0.1) is 13.2 Å². The number of carbonyl (C=O) groups excluding carboxylic acids is 3. The highest BCUT2D eigenvalue weighted by molar-refractivity contribution is 5.87. The fourth-order valence-electron chi connectivity index (χ4n) is 5.18. The van der Waals surface area contributed by atoms with Crippen molar-refractivity contribution in [2.45, 2.75) is 180 Å². The number of hydrogen-bond acceptors (Lipinski definition) is 6. The number of aliphatic hydroxyl groups is 1. The Morgan fingerprint density at radius 2 is 1.13 bits per heavy atom. The normalized spacial score (nSPS) is 12.6. The Kier molecular flexibility index (Phi) is 29.9. The first-order valence-corrected chi connectivity index (χ1v) is 18.1. The highest BCUT2D eigenvalue weighted by Crippen LogP contribution is 2.17. The minimum atomic E-state index is -1.39. The molecule has 2 atom stereocenters. The first kappa shape index (κ1) is 42.6. The number of ether oxygens (including phenoxy) is 1. The molecular formula is C36H66N2O7. The summed E-state index contributed by atoms with van der Waals surface area (Å²) in [7, 11) is 0. The highest BCUT2D eigenvalue weighted by atomic mass is 16.5. The van der Waals surface area contributed by atoms with E-state index in [0.717, 1.165) is 70.6 Å². The molecule has 0 saturated carbocycles. The molecule has 0 saturated heterocycles. The van der Waals surface area contributed by atoms with Gasteiger partial charge in [-0.15, -0.1) is 0 Å². The first-order valence-electron chi connectivity index (χ1n) is 18.1. The van der Waals surface area contributed by atoms with Gasteiger partial charge in [-0.25, -0.2) is 4.79 Å². The van der Waals surface area contributed by atoms with Crippen LogP contribution >= 0.6 is 0 Å². The topological polar surface area (TPSA) is 142 Å². The third kappa shape index (κ3) is 28.8. The zero-order valence-electron chi connectivity index (χ0n) is 28.6. The minimum absolute atomic E-state index is 0.0799. The van der Waals surface area contributed by atoms with E-state index in [-0.39, 0.29) is 30.9 Å². The predicted molar refractivity (Wildman–Crippen MR) is 181 cm³/mol. The summed E-state index contributed by atoms with van der Waals surface area (Å²) in [5.41, 5.74) is 0. The molecular weight excluding hydrogens is 572 g/mol. The summed E-state index contributed by atoms with van der Waals surface area (Å²) in [6, 6.07) is -1.39. The summed E-state index contributed by atoms with van der Waals surface area (Å²) >= 11 is 0. The van der Waals surface area contributed by atoms with Gasteiger partial charge in [0.25, 0.3) is 0 Å². The van der Waals surface area contributed by atoms with E-state index in [1.54, 1.807) is 0 Å². The lowest BCUT2D eigenvalue weighted by Gasteiger charge is -2.18. The lowest BCUT2D eigenvalue weighted by molar-refractivity contribution is -0.150. The zero-order valence-corrected chi connectivity index (χ0v) is 28.6. The third-order valence-corrected chi connectivity index (χ3v) is 8.01. The quantitative estimate of drug-likeness (QED) is 0.0339. The standard InChI is InChI=1S/C36H66N2O7/c1-3-5-7-9-10-11-12-13-14-15-16-17-18-19-24-28-35(42)45-31(25-21-8-6-4-2)26-22-20-23-27-33(40)37-29-34(41)38-32(30-39)36(43)44/h13-14,31-32,39H,3-12,15-30H2,1-2H3,(H,37,40)(H,38,41)(H,43,44)/b14-13-. The first-order chi connectivity index (χ1) is 21.8. The highest BCUT2D eigenvalue weighted by Gasteiger charge is 2.19. The number of aliphatic carboxylic acids is 1. The number of rotatable bonds is 32. The molecule has 2 unspecified atom stereocenters. The van der Waals surface area contributed by atoms with Crippen molar-refractivity contribution >= 4 is 23.8 Å². The Hall–Kier alpha value is -2.42. The van der Waals surface area contributed by atoms with Crippen LogP contribution in [0.25, 0.3) is 0 Å². The van der Waals surface area contributed by atoms with Crippen LogP contribution in [-0.2, 0) is 23.9 Å². The van der Waals surface area contributed by atoms with Crippen LogP contribution < -0.4 is 10.6 Å². The Labute approximate surface area is 273 Å². The van der Waals surface area contributed by atoms with E-state index in [4.69, 9.17) is 14.9 Å². The summed E-state index contributed by atoms with van der Waals surface area (Å²) in [5.74, 6) is -2.39. The van der Waals surface area contributed by atoms with Crippen molar-refractivity contribution in [1.29, 1.82) is 0 Å². The number of carbonyl (C=O) groups is 4. The monoisotopic (exact) mass is 638 g/mol. The predicted octanol–water partition coefficient (Wildman–Crippen LogP) is 7.53. The van der Waals surface area contributed by atoms with Crippen LogP contribution in [0.5, 0.6) is 0 Å². The molecule has 0 spiro atoms. The summed E-state index contributed by atoms with van der Waals surface area (Å²) < 4.78 is 5.87. The van der Waals surface area contributed by atoms with E-state index in [2.05, 4.69) is 36.6 Å². The molecule has 45 heavy (non-hydrogen) atoms. The maximum absolute atomic E-state index is 12.5. The van der Waals surface area contributed by atoms with Crippen LogP contribution in [0.3, 0.4) is 0 Å². The van der Waals surface area contributed by atoms with Gasteiger partial charge >= 0.3 is 11.9 Å². The van der Waals surface area contributed by atoms with Gasteiger partial charge in [0.1, 0.15) is 12.1 Å². The molecule has 0 aromatic carbocycles. The van der Waals surface area contributed by atoms with Crippen molar-refractivity contribution in [2.75, 3.05) is 13.2 Å². The Balaban J connectivity index is 4.07. The van der Waals surface area contributed by atoms with Crippen molar-refractivity contribution < 1.29 is 34.1 Å². The molecule has 4 N–H and O–H groups in total. The van der Waals surface area contributed by atoms with E-state index in [1.807, 2.05) is 0 Å². The van der Waals surface area contributed by atoms with E-state index < -0.39 is 24.5 Å². The van der Waals surface area contributed by atoms with Gasteiger partial charge in [-0.05, 0) is 64.2 Å². The number of amides is 2. The molecule has 0 rings (SSSR count). The van der Waals surface area contributed by atoms with E-state index >= 15 is 0 Å². The Morgan fingerprint density at radius 3 is 1.69 bits per heavy atom. The van der Waals surface area contributed by atoms with Crippen LogP contribution in [0.2, 0.25) is 0 Å². The van der Waals surface area contributed by atoms with Gasteiger partial charge in [0.2, 0.25) is 11.8 Å². The molecule has 0 radical (unpaired) electrons. The van der Waals surface area contributed by atoms with Crippen LogP contribution in [0.1, 0.15) is 168 Å². The number of carboxylic acid groups (broad SMARTS) is 1. The molecule has 9 heteroatoms. The molecule has 0 aliphatic rings. The number of unbranched alkanes of at least 4 members (excludes halogenated alkanes) is 16. The molecule has 0 aliphatic heterocycles. The van der Waals surface area contributed by atoms with Crippen LogP contribution in [0, 0.1) is 0 Å². The molecule has 0 fully saturated rings. The van der Waals surface area contributed by atoms with Crippen molar-refractivity contribution in [2.24, 2.45) is 0 Å². The lowest BCUT2D eigenvalue weighted by atomic mass is 10.0. The smallest absolute Gasteiger partial charge is 0.328 e. The molecule has 0 bridgehead atoms. The number of hydrogen-bond donors (Lipinski definition) is 4.